The molecule has 0 saturated carbocycles. The summed E-state index contributed by atoms with van der Waals surface area (Å²) in [5.74, 6) is 2.03. The van der Waals surface area contributed by atoms with Gasteiger partial charge in [-0.15, -0.1) is 0 Å². The molecule has 0 N–H and O–H groups in total. The number of hydrogen-bond acceptors (Lipinski definition) is 7. The largest absolute Gasteiger partial charge is 0.440 e. The zero-order chi connectivity index (χ0) is 28.3. The summed E-state index contributed by atoms with van der Waals surface area (Å²) in [4.78, 5) is 27.6. The van der Waals surface area contributed by atoms with E-state index < -0.39 is 5.60 Å². The second-order valence-corrected chi connectivity index (χ2v) is 11.2. The molecule has 0 amide bonds. The number of fused-ring (bicyclic) bond motifs is 6. The van der Waals surface area contributed by atoms with E-state index in [1.54, 1.807) is 6.20 Å². The van der Waals surface area contributed by atoms with E-state index in [1.807, 2.05) is 30.3 Å². The number of aromatic nitrogens is 2. The maximum absolute atomic E-state index is 13.2. The molecular formula is C33H42N4O3. The van der Waals surface area contributed by atoms with E-state index in [0.29, 0.717) is 34.6 Å². The van der Waals surface area contributed by atoms with Crippen molar-refractivity contribution in [3.63, 3.8) is 0 Å². The predicted octanol–water partition coefficient (Wildman–Crippen LogP) is 7.32. The van der Waals surface area contributed by atoms with Gasteiger partial charge in [-0.2, -0.15) is 4.98 Å². The molecule has 0 fully saturated rings. The van der Waals surface area contributed by atoms with Crippen LogP contribution >= 0.6 is 0 Å². The van der Waals surface area contributed by atoms with Crippen molar-refractivity contribution in [2.24, 2.45) is 5.92 Å². The van der Waals surface area contributed by atoms with Gasteiger partial charge in [0.05, 0.1) is 11.1 Å². The van der Waals surface area contributed by atoms with Gasteiger partial charge in [0.25, 0.3) is 0 Å². The van der Waals surface area contributed by atoms with Crippen LogP contribution in [0.3, 0.4) is 0 Å². The third kappa shape index (κ3) is 5.02. The van der Waals surface area contributed by atoms with E-state index >= 15 is 0 Å². The molecule has 7 heteroatoms. The number of ether oxygens (including phenoxy) is 2. The first kappa shape index (κ1) is 27.9. The molecule has 0 aliphatic carbocycles. The van der Waals surface area contributed by atoms with Gasteiger partial charge in [0, 0.05) is 55.3 Å². The van der Waals surface area contributed by atoms with E-state index in [0.717, 1.165) is 75.1 Å². The van der Waals surface area contributed by atoms with Crippen molar-refractivity contribution >= 4 is 17.6 Å². The van der Waals surface area contributed by atoms with Crippen LogP contribution in [-0.2, 0) is 10.3 Å². The smallest absolute Gasteiger partial charge is 0.340 e. The van der Waals surface area contributed by atoms with Crippen molar-refractivity contribution in [2.45, 2.75) is 72.3 Å². The third-order valence-corrected chi connectivity index (χ3v) is 8.01. The quantitative estimate of drug-likeness (QED) is 0.222. The van der Waals surface area contributed by atoms with Crippen molar-refractivity contribution in [2.75, 3.05) is 36.0 Å². The van der Waals surface area contributed by atoms with Crippen LogP contribution in [0.2, 0.25) is 0 Å². The number of unbranched alkanes of at least 4 members (excludes halogenated alkanes) is 2. The molecule has 1 atom stereocenters. The van der Waals surface area contributed by atoms with Crippen molar-refractivity contribution in [3.8, 4) is 11.6 Å². The van der Waals surface area contributed by atoms with E-state index in [9.17, 15) is 4.79 Å². The molecule has 0 radical (unpaired) electrons. The number of hydrogen-bond donors (Lipinski definition) is 0. The number of esters is 1. The van der Waals surface area contributed by atoms with Gasteiger partial charge >= 0.3 is 5.97 Å². The lowest BCUT2D eigenvalue weighted by Gasteiger charge is -2.36. The molecule has 212 valence electrons. The Morgan fingerprint density at radius 3 is 2.35 bits per heavy atom. The van der Waals surface area contributed by atoms with Crippen LogP contribution in [0.5, 0.6) is 11.6 Å². The maximum Gasteiger partial charge on any atom is 0.340 e. The van der Waals surface area contributed by atoms with Gasteiger partial charge in [0.1, 0.15) is 5.75 Å². The van der Waals surface area contributed by atoms with Crippen molar-refractivity contribution < 1.29 is 14.3 Å². The number of nitrogens with zero attached hydrogens (tertiary/aromatic N) is 4. The first-order valence-corrected chi connectivity index (χ1v) is 15.0. The van der Waals surface area contributed by atoms with Crippen LogP contribution in [-0.4, -0.2) is 42.1 Å². The summed E-state index contributed by atoms with van der Waals surface area (Å²) in [6.45, 7) is 14.7. The number of carbonyl (C=O) groups excluding carboxylic acids is 1. The standard InChI is InChI=1S/C33H42N4O3/c1-6-9-18-37(19-10-7-2)32-34-22-28-30(35-32)39-29-21-24(36(8-3)20-17-23(4)5)15-16-27(29)33(28)26-14-12-11-13-25(26)31(38)40-33/h11-16,21-23H,6-10,17-20H2,1-5H3. The topological polar surface area (TPSA) is 67.8 Å². The molecule has 2 aromatic carbocycles. The van der Waals surface area contributed by atoms with E-state index in [1.165, 1.54) is 0 Å². The second kappa shape index (κ2) is 11.9. The maximum atomic E-state index is 13.2. The summed E-state index contributed by atoms with van der Waals surface area (Å²) >= 11 is 0. The molecule has 0 bridgehead atoms. The molecule has 40 heavy (non-hydrogen) atoms. The molecule has 0 saturated heterocycles. The fourth-order valence-corrected chi connectivity index (χ4v) is 5.67. The Labute approximate surface area is 238 Å². The van der Waals surface area contributed by atoms with Gasteiger partial charge in [-0.05, 0) is 50.3 Å². The van der Waals surface area contributed by atoms with E-state index in [-0.39, 0.29) is 5.97 Å². The van der Waals surface area contributed by atoms with Gasteiger partial charge in [0.2, 0.25) is 11.8 Å². The number of anilines is 2. The highest BCUT2D eigenvalue weighted by molar-refractivity contribution is 5.97. The van der Waals surface area contributed by atoms with Crippen LogP contribution in [0.15, 0.2) is 48.7 Å². The summed E-state index contributed by atoms with van der Waals surface area (Å²) in [5, 5.41) is 0. The fraction of sp³-hybridized carbons (Fsp3) is 0.485. The van der Waals surface area contributed by atoms with Crippen LogP contribution in [0.4, 0.5) is 11.6 Å². The van der Waals surface area contributed by atoms with Gasteiger partial charge in [0.15, 0.2) is 5.60 Å². The average molecular weight is 543 g/mol. The average Bonchev–Trinajstić information content (AvgIpc) is 3.25. The second-order valence-electron chi connectivity index (χ2n) is 11.2. The SMILES string of the molecule is CCCCN(CCCC)c1ncc2c(n1)Oc1cc(N(CC)CCC(C)C)ccc1C21OC(=O)c2ccccc21. The van der Waals surface area contributed by atoms with Crippen LogP contribution in [0.25, 0.3) is 0 Å². The molecule has 3 aromatic rings. The lowest BCUT2D eigenvalue weighted by atomic mass is 9.79. The Morgan fingerprint density at radius 1 is 0.900 bits per heavy atom. The number of rotatable bonds is 12. The van der Waals surface area contributed by atoms with E-state index in [2.05, 4.69) is 56.6 Å². The molecular weight excluding hydrogens is 500 g/mol. The molecule has 1 spiro atoms. The van der Waals surface area contributed by atoms with Crippen molar-refractivity contribution in [3.05, 3.63) is 70.9 Å². The zero-order valence-corrected chi connectivity index (χ0v) is 24.6. The van der Waals surface area contributed by atoms with E-state index in [4.69, 9.17) is 19.4 Å². The van der Waals surface area contributed by atoms with Crippen LogP contribution in [0, 0.1) is 5.92 Å². The van der Waals surface area contributed by atoms with Crippen LogP contribution < -0.4 is 14.5 Å². The lowest BCUT2D eigenvalue weighted by Crippen LogP contribution is -2.35. The summed E-state index contributed by atoms with van der Waals surface area (Å²) < 4.78 is 12.9. The summed E-state index contributed by atoms with van der Waals surface area (Å²) in [6, 6.07) is 13.8. The van der Waals surface area contributed by atoms with Gasteiger partial charge in [-0.3, -0.25) is 0 Å². The lowest BCUT2D eigenvalue weighted by molar-refractivity contribution is 0.0220. The fourth-order valence-electron chi connectivity index (χ4n) is 5.67. The van der Waals surface area contributed by atoms with Gasteiger partial charge in [-0.1, -0.05) is 58.7 Å². The van der Waals surface area contributed by atoms with Crippen LogP contribution in [0.1, 0.15) is 93.8 Å². The summed E-state index contributed by atoms with van der Waals surface area (Å²) in [5.41, 5.74) is 2.75. The van der Waals surface area contributed by atoms with Crippen molar-refractivity contribution in [1.82, 2.24) is 9.97 Å². The minimum Gasteiger partial charge on any atom is -0.440 e. The van der Waals surface area contributed by atoms with Gasteiger partial charge in [-0.25, -0.2) is 9.78 Å². The Morgan fingerprint density at radius 2 is 1.65 bits per heavy atom. The Bertz CT molecular complexity index is 1350. The molecule has 2 aliphatic rings. The molecule has 7 nitrogen and oxygen atoms in total. The highest BCUT2D eigenvalue weighted by atomic mass is 16.6. The Balaban J connectivity index is 1.64. The zero-order valence-electron chi connectivity index (χ0n) is 24.6. The molecule has 3 heterocycles. The molecule has 2 aliphatic heterocycles. The Hall–Kier alpha value is -3.61. The van der Waals surface area contributed by atoms with Gasteiger partial charge < -0.3 is 19.3 Å². The Kier molecular flexibility index (Phi) is 8.29. The minimum absolute atomic E-state index is 0.345. The first-order valence-electron chi connectivity index (χ1n) is 15.0. The highest BCUT2D eigenvalue weighted by Gasteiger charge is 2.54. The summed E-state index contributed by atoms with van der Waals surface area (Å²) in [7, 11) is 0. The molecule has 1 aromatic heterocycles. The summed E-state index contributed by atoms with van der Waals surface area (Å²) in [6.07, 6.45) is 7.23. The first-order chi connectivity index (χ1) is 19.4. The highest BCUT2D eigenvalue weighted by Crippen LogP contribution is 2.56. The number of carbonyl (C=O) groups is 1. The monoisotopic (exact) mass is 542 g/mol. The normalized spacial score (nSPS) is 16.8. The third-order valence-electron chi connectivity index (χ3n) is 8.01. The number of benzene rings is 2. The molecule has 1 unspecified atom stereocenters. The minimum atomic E-state index is -1.15. The molecule has 5 rings (SSSR count). The van der Waals surface area contributed by atoms with Crippen molar-refractivity contribution in [1.29, 1.82) is 0 Å². The predicted molar refractivity (Wildman–Crippen MR) is 160 cm³/mol.